The average Bonchev–Trinajstić information content (AvgIpc) is 2.63. The van der Waals surface area contributed by atoms with Crippen molar-refractivity contribution in [2.75, 3.05) is 7.11 Å². The standard InChI is InChI=1S/C10H13O.3C4H9.Sn/c1-11-9-5-8-10-6-3-2-4-7-10;3*1-3-4-2;/h6,9H,2-4,7H2,1H3;3*1,3-4H2,2H3;. The van der Waals surface area contributed by atoms with Crippen LogP contribution in [0.25, 0.3) is 0 Å². The zero-order valence-corrected chi connectivity index (χ0v) is 19.6. The fourth-order valence-electron chi connectivity index (χ4n) is 4.06. The van der Waals surface area contributed by atoms with Crippen LogP contribution in [0.5, 0.6) is 0 Å². The zero-order valence-electron chi connectivity index (χ0n) is 16.8. The van der Waals surface area contributed by atoms with Crippen LogP contribution in [0.4, 0.5) is 0 Å². The van der Waals surface area contributed by atoms with Gasteiger partial charge in [0, 0.05) is 0 Å². The van der Waals surface area contributed by atoms with Crippen molar-refractivity contribution in [2.45, 2.75) is 98.3 Å². The van der Waals surface area contributed by atoms with Crippen LogP contribution in [0.3, 0.4) is 0 Å². The maximum atomic E-state index is 5.32. The summed E-state index contributed by atoms with van der Waals surface area (Å²) in [5.41, 5.74) is 5.36. The molecule has 0 saturated carbocycles. The summed E-state index contributed by atoms with van der Waals surface area (Å²) < 4.78 is 11.6. The quantitative estimate of drug-likeness (QED) is 0.173. The third kappa shape index (κ3) is 7.00. The minimum atomic E-state index is -2.40. The fraction of sp³-hybridized carbons (Fsp3) is 0.773. The molecule has 0 spiro atoms. The molecule has 0 atom stereocenters. The summed E-state index contributed by atoms with van der Waals surface area (Å²) in [4.78, 5) is 0. The Kier molecular flexibility index (Phi) is 12.0. The second-order valence-corrected chi connectivity index (χ2v) is 20.5. The third-order valence-corrected chi connectivity index (χ3v) is 21.1. The molecule has 2 heteroatoms. The average molecular weight is 439 g/mol. The normalized spacial score (nSPS) is 14.8. The molecule has 0 aromatic heterocycles. The van der Waals surface area contributed by atoms with Gasteiger partial charge in [0.15, 0.2) is 0 Å². The minimum absolute atomic E-state index is 1.27. The van der Waals surface area contributed by atoms with E-state index in [0.717, 1.165) is 0 Å². The summed E-state index contributed by atoms with van der Waals surface area (Å²) in [5.74, 6) is 0. The molecule has 0 aromatic carbocycles. The second kappa shape index (κ2) is 13.1. The first-order chi connectivity index (χ1) is 11.7. The van der Waals surface area contributed by atoms with E-state index < -0.39 is 18.4 Å². The molecule has 0 bridgehead atoms. The summed E-state index contributed by atoms with van der Waals surface area (Å²) in [7, 11) is 1.77. The van der Waals surface area contributed by atoms with Crippen molar-refractivity contribution >= 4 is 18.4 Å². The van der Waals surface area contributed by atoms with Crippen LogP contribution in [0.1, 0.15) is 85.0 Å². The number of ether oxygens (including phenoxy) is 1. The van der Waals surface area contributed by atoms with Crippen molar-refractivity contribution in [1.29, 1.82) is 0 Å². The molecule has 0 N–H and O–H groups in total. The number of unbranched alkanes of at least 4 members (excludes halogenated alkanes) is 3. The number of rotatable bonds is 12. The Morgan fingerprint density at radius 1 is 1.04 bits per heavy atom. The molecule has 1 nitrogen and oxygen atoms in total. The van der Waals surface area contributed by atoms with E-state index in [1.165, 1.54) is 77.5 Å². The molecule has 0 aliphatic heterocycles. The predicted molar refractivity (Wildman–Crippen MR) is 110 cm³/mol. The Hall–Kier alpha value is -0.141. The number of methoxy groups -OCH3 is 1. The van der Waals surface area contributed by atoms with Gasteiger partial charge in [-0.1, -0.05) is 0 Å². The van der Waals surface area contributed by atoms with Gasteiger partial charge in [0.25, 0.3) is 0 Å². The van der Waals surface area contributed by atoms with Gasteiger partial charge in [0.05, 0.1) is 0 Å². The van der Waals surface area contributed by atoms with E-state index in [-0.39, 0.29) is 0 Å². The van der Waals surface area contributed by atoms with E-state index in [0.29, 0.717) is 0 Å². The fourth-order valence-corrected chi connectivity index (χ4v) is 20.8. The van der Waals surface area contributed by atoms with E-state index >= 15 is 0 Å². The van der Waals surface area contributed by atoms with Crippen molar-refractivity contribution in [3.8, 4) is 0 Å². The Morgan fingerprint density at radius 2 is 1.62 bits per heavy atom. The Labute approximate surface area is 155 Å². The Bertz CT molecular complexity index is 407. The third-order valence-electron chi connectivity index (χ3n) is 5.49. The number of allylic oxidation sites excluding steroid dienone is 3. The van der Waals surface area contributed by atoms with Gasteiger partial charge in [-0.3, -0.25) is 0 Å². The van der Waals surface area contributed by atoms with Crippen LogP contribution >= 0.6 is 0 Å². The number of hydrogen-bond donors (Lipinski definition) is 0. The van der Waals surface area contributed by atoms with Gasteiger partial charge in [-0.2, -0.15) is 0 Å². The molecule has 0 radical (unpaired) electrons. The summed E-state index contributed by atoms with van der Waals surface area (Å²) in [6, 6.07) is 0. The van der Waals surface area contributed by atoms with Crippen molar-refractivity contribution < 1.29 is 4.74 Å². The Balaban J connectivity index is 3.28. The van der Waals surface area contributed by atoms with Crippen molar-refractivity contribution in [1.82, 2.24) is 0 Å². The second-order valence-electron chi connectivity index (χ2n) is 7.44. The first-order valence-corrected chi connectivity index (χ1v) is 17.9. The van der Waals surface area contributed by atoms with Gasteiger partial charge in [-0.05, 0) is 0 Å². The number of hydrogen-bond acceptors (Lipinski definition) is 1. The molecular weight excluding hydrogens is 399 g/mol. The van der Waals surface area contributed by atoms with Gasteiger partial charge in [0.2, 0.25) is 0 Å². The molecule has 1 aliphatic rings. The van der Waals surface area contributed by atoms with Crippen LogP contribution in [0.15, 0.2) is 27.2 Å². The van der Waals surface area contributed by atoms with Gasteiger partial charge < -0.3 is 0 Å². The van der Waals surface area contributed by atoms with E-state index in [1.807, 2.05) is 6.26 Å². The molecular formula is C22H40OSn. The first kappa shape index (κ1) is 21.9. The molecule has 0 aromatic rings. The molecule has 0 fully saturated rings. The van der Waals surface area contributed by atoms with E-state index in [1.54, 1.807) is 16.3 Å². The topological polar surface area (TPSA) is 9.23 Å². The summed E-state index contributed by atoms with van der Waals surface area (Å²) >= 11 is -2.40. The molecule has 138 valence electrons. The maximum absolute atomic E-state index is 5.32. The predicted octanol–water partition coefficient (Wildman–Crippen LogP) is 7.56. The van der Waals surface area contributed by atoms with Gasteiger partial charge in [-0.25, -0.2) is 0 Å². The Morgan fingerprint density at radius 3 is 2.04 bits per heavy atom. The van der Waals surface area contributed by atoms with E-state index in [2.05, 4.69) is 32.6 Å². The van der Waals surface area contributed by atoms with Crippen molar-refractivity contribution in [2.24, 2.45) is 0 Å². The van der Waals surface area contributed by atoms with Crippen LogP contribution in [-0.4, -0.2) is 25.5 Å². The molecule has 1 rings (SSSR count). The van der Waals surface area contributed by atoms with Crippen LogP contribution < -0.4 is 0 Å². The molecule has 1 aliphatic carbocycles. The van der Waals surface area contributed by atoms with Crippen LogP contribution in [0.2, 0.25) is 13.3 Å². The van der Waals surface area contributed by atoms with Gasteiger partial charge >= 0.3 is 156 Å². The van der Waals surface area contributed by atoms with Crippen molar-refractivity contribution in [3.63, 3.8) is 0 Å². The summed E-state index contributed by atoms with van der Waals surface area (Å²) in [5, 5.41) is 0. The van der Waals surface area contributed by atoms with E-state index in [9.17, 15) is 0 Å². The zero-order chi connectivity index (χ0) is 17.7. The van der Waals surface area contributed by atoms with Crippen LogP contribution in [0, 0.1) is 0 Å². The summed E-state index contributed by atoms with van der Waals surface area (Å²) in [6.07, 6.45) is 17.9. The molecule has 0 amide bonds. The van der Waals surface area contributed by atoms with Crippen LogP contribution in [-0.2, 0) is 4.74 Å². The molecule has 0 unspecified atom stereocenters. The van der Waals surface area contributed by atoms with Crippen molar-refractivity contribution in [3.05, 3.63) is 27.2 Å². The van der Waals surface area contributed by atoms with Gasteiger partial charge in [-0.15, -0.1) is 0 Å². The SMILES string of the molecule is CCC[CH2][Sn]([CH2]CCC)([CH2]CCC)[C](=C=COC)C1=CCCCC1. The summed E-state index contributed by atoms with van der Waals surface area (Å²) in [6.45, 7) is 7.06. The van der Waals surface area contributed by atoms with Gasteiger partial charge in [0.1, 0.15) is 0 Å². The molecule has 24 heavy (non-hydrogen) atoms. The molecule has 0 saturated heterocycles. The van der Waals surface area contributed by atoms with E-state index in [4.69, 9.17) is 4.74 Å². The first-order valence-electron chi connectivity index (χ1n) is 10.4. The monoisotopic (exact) mass is 440 g/mol. The molecule has 0 heterocycles.